The van der Waals surface area contributed by atoms with Gasteiger partial charge in [-0.05, 0) is 76.9 Å². The molecule has 0 unspecified atom stereocenters. The summed E-state index contributed by atoms with van der Waals surface area (Å²) in [5, 5.41) is 2.21. The Balaban J connectivity index is 1.22. The zero-order valence-electron chi connectivity index (χ0n) is 27.2. The predicted molar refractivity (Wildman–Crippen MR) is 201 cm³/mol. The largest absolute Gasteiger partial charge is 0.454 e. The highest BCUT2D eigenvalue weighted by molar-refractivity contribution is 6.10. The summed E-state index contributed by atoms with van der Waals surface area (Å²) in [6, 6.07) is 55.8. The van der Waals surface area contributed by atoms with E-state index in [1.165, 1.54) is 22.3 Å². The molecule has 0 saturated carbocycles. The maximum Gasteiger partial charge on any atom is 0.159 e. The quantitative estimate of drug-likeness (QED) is 0.193. The number of ether oxygens (including phenoxy) is 1. The summed E-state index contributed by atoms with van der Waals surface area (Å²) in [7, 11) is 0. The maximum absolute atomic E-state index is 6.64. The SMILES string of the molecule is CC1(C)c2ccc(N(c3ccc(-c4ccccc4)cc3)c3cccc4c3oc3ccccc34)cc2N2c3ccccc3Oc3cccc1c32. The van der Waals surface area contributed by atoms with Gasteiger partial charge in [0.1, 0.15) is 5.58 Å². The van der Waals surface area contributed by atoms with Crippen LogP contribution in [0.4, 0.5) is 34.1 Å². The highest BCUT2D eigenvalue weighted by Gasteiger charge is 2.41. The monoisotopic (exact) mass is 632 g/mol. The van der Waals surface area contributed by atoms with E-state index in [2.05, 4.69) is 163 Å². The number of para-hydroxylation sites is 5. The molecular weight excluding hydrogens is 601 g/mol. The van der Waals surface area contributed by atoms with E-state index < -0.39 is 0 Å². The molecule has 0 bridgehead atoms. The molecule has 49 heavy (non-hydrogen) atoms. The highest BCUT2D eigenvalue weighted by atomic mass is 16.5. The van der Waals surface area contributed by atoms with Crippen molar-refractivity contribution in [2.75, 3.05) is 9.80 Å². The smallest absolute Gasteiger partial charge is 0.159 e. The van der Waals surface area contributed by atoms with Crippen molar-refractivity contribution < 1.29 is 9.15 Å². The van der Waals surface area contributed by atoms with Crippen molar-refractivity contribution in [2.24, 2.45) is 0 Å². The van der Waals surface area contributed by atoms with E-state index in [1.54, 1.807) is 0 Å². The molecule has 7 aromatic carbocycles. The molecular formula is C45H32N2O2. The van der Waals surface area contributed by atoms with E-state index in [0.29, 0.717) is 0 Å². The van der Waals surface area contributed by atoms with E-state index in [1.807, 2.05) is 18.2 Å². The molecule has 0 N–H and O–H groups in total. The third-order valence-corrected chi connectivity index (χ3v) is 10.2. The Morgan fingerprint density at radius 3 is 2.10 bits per heavy atom. The van der Waals surface area contributed by atoms with Gasteiger partial charge in [0, 0.05) is 27.6 Å². The fourth-order valence-corrected chi connectivity index (χ4v) is 7.84. The number of benzene rings is 7. The Bertz CT molecular complexity index is 2570. The van der Waals surface area contributed by atoms with Gasteiger partial charge >= 0.3 is 0 Å². The third-order valence-electron chi connectivity index (χ3n) is 10.2. The van der Waals surface area contributed by atoms with Gasteiger partial charge in [-0.1, -0.05) is 117 Å². The van der Waals surface area contributed by atoms with Crippen LogP contribution in [0.1, 0.15) is 25.0 Å². The number of fused-ring (bicyclic) bond motifs is 7. The number of hydrogen-bond donors (Lipinski definition) is 0. The van der Waals surface area contributed by atoms with Gasteiger partial charge in [0.25, 0.3) is 0 Å². The Labute approximate surface area is 285 Å². The molecule has 0 atom stereocenters. The van der Waals surface area contributed by atoms with Crippen molar-refractivity contribution in [2.45, 2.75) is 19.3 Å². The molecule has 2 aliphatic heterocycles. The maximum atomic E-state index is 6.64. The summed E-state index contributed by atoms with van der Waals surface area (Å²) in [4.78, 5) is 4.73. The lowest BCUT2D eigenvalue weighted by Gasteiger charge is -2.45. The van der Waals surface area contributed by atoms with Crippen molar-refractivity contribution in [3.05, 3.63) is 169 Å². The standard InChI is InChI=1S/C45H32N2O2/c1-45(2)35-27-26-32(28-39(35)47-37-17-7-9-20-41(37)48-42-21-11-16-36(45)43(42)47)46(31-24-22-30(23-25-31)29-12-4-3-5-13-29)38-18-10-15-34-33-14-6-8-19-40(33)49-44(34)38/h3-28H,1-2H3. The summed E-state index contributed by atoms with van der Waals surface area (Å²) >= 11 is 0. The molecule has 0 saturated heterocycles. The van der Waals surface area contributed by atoms with Gasteiger partial charge in [-0.3, -0.25) is 0 Å². The van der Waals surface area contributed by atoms with Crippen LogP contribution in [0.3, 0.4) is 0 Å². The summed E-state index contributed by atoms with van der Waals surface area (Å²) < 4.78 is 13.1. The van der Waals surface area contributed by atoms with Crippen LogP contribution in [0.25, 0.3) is 33.1 Å². The molecule has 0 amide bonds. The molecule has 8 aromatic rings. The van der Waals surface area contributed by atoms with E-state index >= 15 is 0 Å². The van der Waals surface area contributed by atoms with E-state index in [0.717, 1.165) is 67.6 Å². The molecule has 3 heterocycles. The van der Waals surface area contributed by atoms with E-state index in [-0.39, 0.29) is 5.41 Å². The van der Waals surface area contributed by atoms with Crippen LogP contribution < -0.4 is 14.5 Å². The van der Waals surface area contributed by atoms with E-state index in [9.17, 15) is 0 Å². The summed E-state index contributed by atoms with van der Waals surface area (Å²) in [6.45, 7) is 4.63. The topological polar surface area (TPSA) is 28.9 Å². The first-order valence-electron chi connectivity index (χ1n) is 16.8. The number of rotatable bonds is 4. The summed E-state index contributed by atoms with van der Waals surface area (Å²) in [5.74, 6) is 1.73. The molecule has 234 valence electrons. The average molecular weight is 633 g/mol. The van der Waals surface area contributed by atoms with Crippen molar-refractivity contribution in [3.8, 4) is 22.6 Å². The Morgan fingerprint density at radius 2 is 1.22 bits per heavy atom. The number of furan rings is 1. The van der Waals surface area contributed by atoms with Crippen molar-refractivity contribution >= 4 is 56.1 Å². The summed E-state index contributed by atoms with van der Waals surface area (Å²) in [5.41, 5.74) is 12.7. The second-order valence-electron chi connectivity index (χ2n) is 13.4. The van der Waals surface area contributed by atoms with Crippen LogP contribution in [-0.4, -0.2) is 0 Å². The zero-order chi connectivity index (χ0) is 32.7. The number of nitrogens with zero attached hydrogens (tertiary/aromatic N) is 2. The van der Waals surface area contributed by atoms with E-state index in [4.69, 9.17) is 9.15 Å². The molecule has 0 aliphatic carbocycles. The molecule has 2 aliphatic rings. The first-order chi connectivity index (χ1) is 24.1. The minimum Gasteiger partial charge on any atom is -0.454 e. The first kappa shape index (κ1) is 27.8. The fraction of sp³-hybridized carbons (Fsp3) is 0.0667. The van der Waals surface area contributed by atoms with Crippen LogP contribution in [0, 0.1) is 0 Å². The predicted octanol–water partition coefficient (Wildman–Crippen LogP) is 12.9. The van der Waals surface area contributed by atoms with Gasteiger partial charge in [0.05, 0.1) is 22.7 Å². The fourth-order valence-electron chi connectivity index (χ4n) is 7.84. The van der Waals surface area contributed by atoms with Gasteiger partial charge in [0.2, 0.25) is 0 Å². The lowest BCUT2D eigenvalue weighted by Crippen LogP contribution is -2.32. The average Bonchev–Trinajstić information content (AvgIpc) is 3.53. The number of anilines is 6. The molecule has 4 heteroatoms. The van der Waals surface area contributed by atoms with Gasteiger partial charge < -0.3 is 19.0 Å². The molecule has 1 aromatic heterocycles. The normalized spacial score (nSPS) is 13.8. The van der Waals surface area contributed by atoms with Crippen molar-refractivity contribution in [3.63, 3.8) is 0 Å². The second kappa shape index (κ2) is 10.4. The number of hydrogen-bond acceptors (Lipinski definition) is 4. The van der Waals surface area contributed by atoms with Crippen LogP contribution in [0.2, 0.25) is 0 Å². The van der Waals surface area contributed by atoms with Gasteiger partial charge in [-0.15, -0.1) is 0 Å². The van der Waals surface area contributed by atoms with Crippen LogP contribution >= 0.6 is 0 Å². The van der Waals surface area contributed by atoms with Gasteiger partial charge in [-0.2, -0.15) is 0 Å². The molecule has 0 fully saturated rings. The third kappa shape index (κ3) is 4.10. The lowest BCUT2D eigenvalue weighted by molar-refractivity contribution is 0.471. The Morgan fingerprint density at radius 1 is 0.531 bits per heavy atom. The molecule has 0 spiro atoms. The lowest BCUT2D eigenvalue weighted by atomic mass is 9.73. The first-order valence-corrected chi connectivity index (χ1v) is 16.8. The minimum atomic E-state index is -0.244. The molecule has 0 radical (unpaired) electrons. The Hall–Kier alpha value is -6.26. The van der Waals surface area contributed by atoms with Crippen molar-refractivity contribution in [1.29, 1.82) is 0 Å². The second-order valence-corrected chi connectivity index (χ2v) is 13.4. The van der Waals surface area contributed by atoms with Crippen LogP contribution in [0.15, 0.2) is 162 Å². The molecule has 4 nitrogen and oxygen atoms in total. The zero-order valence-corrected chi connectivity index (χ0v) is 27.2. The molecule has 10 rings (SSSR count). The highest BCUT2D eigenvalue weighted by Crippen LogP contribution is 2.60. The van der Waals surface area contributed by atoms with Crippen molar-refractivity contribution in [1.82, 2.24) is 0 Å². The van der Waals surface area contributed by atoms with Gasteiger partial charge in [-0.25, -0.2) is 0 Å². The minimum absolute atomic E-state index is 0.244. The summed E-state index contributed by atoms with van der Waals surface area (Å²) in [6.07, 6.45) is 0. The van der Waals surface area contributed by atoms with Crippen LogP contribution in [-0.2, 0) is 5.41 Å². The van der Waals surface area contributed by atoms with Gasteiger partial charge in [0.15, 0.2) is 17.1 Å². The van der Waals surface area contributed by atoms with Crippen LogP contribution in [0.5, 0.6) is 11.5 Å². The Kier molecular flexibility index (Phi) is 5.89.